The molecule has 1 rings (SSSR count). The Hall–Kier alpha value is -0.790. The zero-order valence-electron chi connectivity index (χ0n) is 11.0. The second-order valence-corrected chi connectivity index (χ2v) is 5.47. The molecule has 1 aliphatic carbocycles. The number of rotatable bonds is 4. The highest BCUT2D eigenvalue weighted by molar-refractivity contribution is 5.70. The van der Waals surface area contributed by atoms with Gasteiger partial charge in [0.15, 0.2) is 0 Å². The molecule has 16 heavy (non-hydrogen) atoms. The molecule has 0 bridgehead atoms. The Labute approximate surface area is 99.1 Å². The van der Waals surface area contributed by atoms with Crippen LogP contribution in [-0.4, -0.2) is 12.6 Å². The number of carbonyl (C=O) groups excluding carboxylic acids is 1. The largest absolute Gasteiger partial charge is 0.466 e. The van der Waals surface area contributed by atoms with E-state index in [1.807, 2.05) is 6.92 Å². The summed E-state index contributed by atoms with van der Waals surface area (Å²) in [5.74, 6) is 0.717. The fraction of sp³-hybridized carbons (Fsp3) is 0.786. The molecule has 0 saturated heterocycles. The summed E-state index contributed by atoms with van der Waals surface area (Å²) in [5.41, 5.74) is 1.39. The third-order valence-electron chi connectivity index (χ3n) is 3.43. The van der Waals surface area contributed by atoms with E-state index in [0.29, 0.717) is 13.0 Å². The summed E-state index contributed by atoms with van der Waals surface area (Å²) in [5, 5.41) is 0. The van der Waals surface area contributed by atoms with Crippen molar-refractivity contribution >= 4 is 5.97 Å². The molecule has 0 aromatic carbocycles. The van der Waals surface area contributed by atoms with Gasteiger partial charge in [0.05, 0.1) is 13.0 Å². The van der Waals surface area contributed by atoms with Crippen LogP contribution < -0.4 is 0 Å². The second kappa shape index (κ2) is 5.51. The van der Waals surface area contributed by atoms with E-state index < -0.39 is 0 Å². The highest BCUT2D eigenvalue weighted by Gasteiger charge is 2.28. The monoisotopic (exact) mass is 224 g/mol. The van der Waals surface area contributed by atoms with E-state index in [4.69, 9.17) is 4.74 Å². The van der Waals surface area contributed by atoms with Crippen LogP contribution in [0, 0.1) is 11.3 Å². The van der Waals surface area contributed by atoms with Crippen LogP contribution in [-0.2, 0) is 9.53 Å². The predicted octanol–water partition coefficient (Wildman–Crippen LogP) is 3.71. The summed E-state index contributed by atoms with van der Waals surface area (Å²) in [6.07, 6.45) is 6.36. The van der Waals surface area contributed by atoms with Crippen molar-refractivity contribution in [3.63, 3.8) is 0 Å². The molecule has 1 atom stereocenters. The van der Waals surface area contributed by atoms with Crippen molar-refractivity contribution in [3.05, 3.63) is 11.6 Å². The maximum absolute atomic E-state index is 11.5. The van der Waals surface area contributed by atoms with Gasteiger partial charge >= 0.3 is 5.97 Å². The molecule has 0 fully saturated rings. The molecule has 0 aromatic heterocycles. The molecule has 0 aromatic rings. The normalized spacial score (nSPS) is 21.5. The highest BCUT2D eigenvalue weighted by Crippen LogP contribution is 2.38. The minimum absolute atomic E-state index is 0.0353. The predicted molar refractivity (Wildman–Crippen MR) is 66.1 cm³/mol. The van der Waals surface area contributed by atoms with E-state index in [0.717, 1.165) is 18.8 Å². The summed E-state index contributed by atoms with van der Waals surface area (Å²) >= 11 is 0. The molecular weight excluding hydrogens is 200 g/mol. The van der Waals surface area contributed by atoms with Crippen LogP contribution in [0.5, 0.6) is 0 Å². The minimum Gasteiger partial charge on any atom is -0.466 e. The average molecular weight is 224 g/mol. The van der Waals surface area contributed by atoms with Crippen LogP contribution in [0.1, 0.15) is 53.4 Å². The Balaban J connectivity index is 2.59. The van der Waals surface area contributed by atoms with E-state index in [-0.39, 0.29) is 11.4 Å². The van der Waals surface area contributed by atoms with Crippen molar-refractivity contribution in [3.8, 4) is 0 Å². The number of hydrogen-bond donors (Lipinski definition) is 0. The summed E-state index contributed by atoms with van der Waals surface area (Å²) in [4.78, 5) is 11.5. The van der Waals surface area contributed by atoms with Gasteiger partial charge in [0, 0.05) is 0 Å². The third-order valence-corrected chi connectivity index (χ3v) is 3.43. The Morgan fingerprint density at radius 3 is 2.75 bits per heavy atom. The number of allylic oxidation sites excluding steroid dienone is 2. The summed E-state index contributed by atoms with van der Waals surface area (Å²) in [6, 6.07) is 0. The van der Waals surface area contributed by atoms with Gasteiger partial charge in [0.1, 0.15) is 0 Å². The molecule has 0 N–H and O–H groups in total. The first kappa shape index (κ1) is 13.3. The first-order valence-electron chi connectivity index (χ1n) is 6.31. The zero-order valence-corrected chi connectivity index (χ0v) is 11.0. The van der Waals surface area contributed by atoms with E-state index in [1.165, 1.54) is 12.0 Å². The van der Waals surface area contributed by atoms with E-state index in [9.17, 15) is 4.79 Å². The Bertz CT molecular complexity index is 276. The number of ether oxygens (including phenoxy) is 1. The first-order chi connectivity index (χ1) is 7.45. The van der Waals surface area contributed by atoms with Gasteiger partial charge in [-0.25, -0.2) is 0 Å². The molecule has 0 saturated carbocycles. The van der Waals surface area contributed by atoms with Crippen molar-refractivity contribution in [2.75, 3.05) is 6.61 Å². The standard InChI is InChI=1S/C14H24O2/c1-5-16-13(15)10-14(3,4)12-8-6-11(2)7-9-12/h8,11H,5-7,9-10H2,1-4H3/t11-/m0/s1. The second-order valence-electron chi connectivity index (χ2n) is 5.47. The zero-order chi connectivity index (χ0) is 12.2. The lowest BCUT2D eigenvalue weighted by Gasteiger charge is -2.31. The van der Waals surface area contributed by atoms with Gasteiger partial charge in [-0.05, 0) is 37.5 Å². The number of esters is 1. The quantitative estimate of drug-likeness (QED) is 0.537. The average Bonchev–Trinajstić information content (AvgIpc) is 2.17. The molecule has 0 radical (unpaired) electrons. The van der Waals surface area contributed by atoms with Gasteiger partial charge in [0.25, 0.3) is 0 Å². The highest BCUT2D eigenvalue weighted by atomic mass is 16.5. The Morgan fingerprint density at radius 1 is 1.56 bits per heavy atom. The summed E-state index contributed by atoms with van der Waals surface area (Å²) in [6.45, 7) is 8.90. The van der Waals surface area contributed by atoms with Gasteiger partial charge in [-0.2, -0.15) is 0 Å². The first-order valence-corrected chi connectivity index (χ1v) is 6.31. The van der Waals surface area contributed by atoms with Crippen molar-refractivity contribution in [2.24, 2.45) is 11.3 Å². The van der Waals surface area contributed by atoms with Gasteiger partial charge in [-0.1, -0.05) is 32.4 Å². The maximum atomic E-state index is 11.5. The molecule has 0 unspecified atom stereocenters. The Morgan fingerprint density at radius 2 is 2.25 bits per heavy atom. The van der Waals surface area contributed by atoms with Crippen molar-refractivity contribution in [1.29, 1.82) is 0 Å². The number of hydrogen-bond acceptors (Lipinski definition) is 2. The molecule has 1 aliphatic rings. The lowest BCUT2D eigenvalue weighted by molar-refractivity contribution is -0.144. The molecule has 92 valence electrons. The maximum Gasteiger partial charge on any atom is 0.306 e. The fourth-order valence-corrected chi connectivity index (χ4v) is 2.27. The smallest absolute Gasteiger partial charge is 0.306 e. The molecule has 0 heterocycles. The minimum atomic E-state index is -0.0768. The summed E-state index contributed by atoms with van der Waals surface area (Å²) in [7, 11) is 0. The lowest BCUT2D eigenvalue weighted by Crippen LogP contribution is -2.23. The topological polar surface area (TPSA) is 26.3 Å². The van der Waals surface area contributed by atoms with Crippen LogP contribution in [0.2, 0.25) is 0 Å². The van der Waals surface area contributed by atoms with Crippen LogP contribution in [0.4, 0.5) is 0 Å². The van der Waals surface area contributed by atoms with Crippen molar-refractivity contribution in [1.82, 2.24) is 0 Å². The van der Waals surface area contributed by atoms with Gasteiger partial charge < -0.3 is 4.74 Å². The molecule has 2 heteroatoms. The third kappa shape index (κ3) is 3.66. The molecule has 0 aliphatic heterocycles. The SMILES string of the molecule is CCOC(=O)CC(C)(C)C1=CC[C@H](C)CC1. The van der Waals surface area contributed by atoms with Crippen LogP contribution in [0.3, 0.4) is 0 Å². The van der Waals surface area contributed by atoms with Crippen LogP contribution in [0.15, 0.2) is 11.6 Å². The molecule has 0 spiro atoms. The van der Waals surface area contributed by atoms with Crippen LogP contribution in [0.25, 0.3) is 0 Å². The van der Waals surface area contributed by atoms with Gasteiger partial charge in [-0.15, -0.1) is 0 Å². The van der Waals surface area contributed by atoms with Gasteiger partial charge in [0.2, 0.25) is 0 Å². The molecular formula is C14H24O2. The number of carbonyl (C=O) groups is 1. The van der Waals surface area contributed by atoms with Crippen molar-refractivity contribution < 1.29 is 9.53 Å². The fourth-order valence-electron chi connectivity index (χ4n) is 2.27. The summed E-state index contributed by atoms with van der Waals surface area (Å²) < 4.78 is 5.02. The van der Waals surface area contributed by atoms with E-state index in [2.05, 4.69) is 26.8 Å². The molecule has 2 nitrogen and oxygen atoms in total. The van der Waals surface area contributed by atoms with E-state index in [1.54, 1.807) is 0 Å². The van der Waals surface area contributed by atoms with Gasteiger partial charge in [-0.3, -0.25) is 4.79 Å². The van der Waals surface area contributed by atoms with E-state index >= 15 is 0 Å². The van der Waals surface area contributed by atoms with Crippen LogP contribution >= 0.6 is 0 Å². The molecule has 0 amide bonds. The lowest BCUT2D eigenvalue weighted by atomic mass is 9.74. The Kier molecular flexibility index (Phi) is 4.57. The van der Waals surface area contributed by atoms with Crippen molar-refractivity contribution in [2.45, 2.75) is 53.4 Å².